The summed E-state index contributed by atoms with van der Waals surface area (Å²) in [6.07, 6.45) is 5.48. The molecule has 2 aromatic heterocycles. The Kier molecular flexibility index (Phi) is 14.1. The number of methoxy groups -OCH3 is 1. The van der Waals surface area contributed by atoms with Crippen LogP contribution in [0.3, 0.4) is 0 Å². The lowest BCUT2D eigenvalue weighted by Crippen LogP contribution is -2.51. The smallest absolute Gasteiger partial charge is 0.407 e. The lowest BCUT2D eigenvalue weighted by atomic mass is 9.95. The zero-order valence-corrected chi connectivity index (χ0v) is 36.3. The fourth-order valence-electron chi connectivity index (χ4n) is 7.94. The summed E-state index contributed by atoms with van der Waals surface area (Å²) in [5.74, 6) is 0.847. The van der Waals surface area contributed by atoms with Gasteiger partial charge in [0, 0.05) is 19.3 Å². The van der Waals surface area contributed by atoms with E-state index in [1.807, 2.05) is 67.3 Å². The number of nitrogens with one attached hydrogen (secondary N) is 4. The lowest BCUT2D eigenvalue weighted by Gasteiger charge is -2.30. The Bertz CT molecular complexity index is 2240. The van der Waals surface area contributed by atoms with Crippen LogP contribution in [0.4, 0.5) is 4.79 Å². The maximum Gasteiger partial charge on any atom is 0.407 e. The topological polar surface area (TPSA) is 213 Å². The highest BCUT2D eigenvalue weighted by atomic mass is 32.2. The van der Waals surface area contributed by atoms with Crippen molar-refractivity contribution in [1.82, 2.24) is 35.1 Å². The van der Waals surface area contributed by atoms with Crippen molar-refractivity contribution in [2.24, 2.45) is 23.7 Å². The number of aromatic amines is 2. The van der Waals surface area contributed by atoms with Crippen molar-refractivity contribution in [3.8, 4) is 33.6 Å². The molecule has 4 heterocycles. The largest absolute Gasteiger partial charge is 0.453 e. The van der Waals surface area contributed by atoms with Crippen molar-refractivity contribution >= 4 is 46.8 Å². The Labute approximate surface area is 355 Å². The predicted molar refractivity (Wildman–Crippen MR) is 229 cm³/mol. The summed E-state index contributed by atoms with van der Waals surface area (Å²) in [5.41, 5.74) is 5.32. The summed E-state index contributed by atoms with van der Waals surface area (Å²) in [6, 6.07) is 14.3. The number of hydrogen-bond acceptors (Lipinski definition) is 12. The van der Waals surface area contributed by atoms with E-state index in [0.717, 1.165) is 34.4 Å². The van der Waals surface area contributed by atoms with E-state index in [0.29, 0.717) is 36.0 Å². The average Bonchev–Trinajstić information content (AvgIpc) is 4.06. The molecule has 0 radical (unpaired) electrons. The van der Waals surface area contributed by atoms with Crippen LogP contribution in [0.25, 0.3) is 33.6 Å². The molecule has 0 saturated carbocycles. The molecule has 3 amide bonds. The minimum absolute atomic E-state index is 0.00375. The van der Waals surface area contributed by atoms with Crippen LogP contribution in [0.15, 0.2) is 60.9 Å². The van der Waals surface area contributed by atoms with Crippen molar-refractivity contribution in [2.75, 3.05) is 38.8 Å². The number of carbonyl (C=O) groups is 3. The number of rotatable bonds is 16. The van der Waals surface area contributed by atoms with Gasteiger partial charge in [-0.2, -0.15) is 17.5 Å². The number of nitrogens with zero attached hydrogens (tertiary/aromatic N) is 4. The number of alkyl carbamates (subject to hydrolysis) is 1. The number of ether oxygens (including phenoxy) is 1. The molecule has 60 heavy (non-hydrogen) atoms. The maximum absolute atomic E-state index is 13.8. The number of sulfone groups is 1. The molecule has 0 unspecified atom stereocenters. The first-order chi connectivity index (χ1) is 28.6. The zero-order valence-electron chi connectivity index (χ0n) is 34.6. The molecule has 0 spiro atoms. The number of hydrogen-bond donors (Lipinski definition) is 5. The highest BCUT2D eigenvalue weighted by molar-refractivity contribution is 7.91. The van der Waals surface area contributed by atoms with E-state index in [4.69, 9.17) is 20.0 Å². The summed E-state index contributed by atoms with van der Waals surface area (Å²) in [4.78, 5) is 68.9. The first-order valence-corrected chi connectivity index (χ1v) is 22.6. The second-order valence-electron chi connectivity index (χ2n) is 16.2. The number of H-pyrrole nitrogens is 2. The van der Waals surface area contributed by atoms with Crippen LogP contribution in [0.2, 0.25) is 0 Å². The molecule has 2 fully saturated rings. The molecule has 0 aliphatic carbocycles. The van der Waals surface area contributed by atoms with Crippen molar-refractivity contribution in [2.45, 2.75) is 63.9 Å². The Balaban J connectivity index is 1.15. The molecule has 18 heteroatoms. The molecule has 4 aromatic rings. The molecule has 2 saturated heterocycles. The van der Waals surface area contributed by atoms with Gasteiger partial charge in [0.15, 0.2) is 9.84 Å². The number of carbonyl (C=O) groups excluding carboxylic acids is 3. The number of imidazole rings is 2. The lowest BCUT2D eigenvalue weighted by molar-refractivity contribution is -0.229. The molecule has 0 bridgehead atoms. The van der Waals surface area contributed by atoms with Gasteiger partial charge >= 0.3 is 6.09 Å². The number of amides is 3. The van der Waals surface area contributed by atoms with Gasteiger partial charge < -0.3 is 34.7 Å². The summed E-state index contributed by atoms with van der Waals surface area (Å²) >= 11 is 4.54. The van der Waals surface area contributed by atoms with E-state index < -0.39 is 45.1 Å². The third-order valence-electron chi connectivity index (χ3n) is 11.5. The van der Waals surface area contributed by atoms with Gasteiger partial charge in [-0.25, -0.2) is 23.2 Å². The molecule has 6 rings (SSSR count). The van der Waals surface area contributed by atoms with E-state index in [-0.39, 0.29) is 49.3 Å². The van der Waals surface area contributed by atoms with Crippen molar-refractivity contribution < 1.29 is 37.3 Å². The van der Waals surface area contributed by atoms with Crippen molar-refractivity contribution in [1.29, 1.82) is 5.41 Å². The molecule has 16 nitrogen and oxygen atoms in total. The van der Waals surface area contributed by atoms with Gasteiger partial charge in [0.25, 0.3) is 0 Å². The van der Waals surface area contributed by atoms with Gasteiger partial charge in [0.05, 0.1) is 54.1 Å². The minimum atomic E-state index is -3.48. The highest BCUT2D eigenvalue weighted by Crippen LogP contribution is 2.39. The van der Waals surface area contributed by atoms with E-state index in [9.17, 15) is 22.8 Å². The Hall–Kier alpha value is -5.20. The zero-order chi connectivity index (χ0) is 43.3. The third-order valence-corrected chi connectivity index (χ3v) is 13.6. The minimum Gasteiger partial charge on any atom is -0.453 e. The van der Waals surface area contributed by atoms with Crippen LogP contribution >= 0.6 is 12.6 Å². The second-order valence-corrected chi connectivity index (χ2v) is 18.9. The van der Waals surface area contributed by atoms with Crippen molar-refractivity contribution in [3.05, 3.63) is 72.6 Å². The third kappa shape index (κ3) is 9.87. The van der Waals surface area contributed by atoms with Gasteiger partial charge in [-0.3, -0.25) is 15.0 Å². The molecule has 2 aliphatic rings. The molecule has 2 aliphatic heterocycles. The molecule has 4 N–H and O–H groups in total. The van der Waals surface area contributed by atoms with Gasteiger partial charge in [0.2, 0.25) is 18.2 Å². The van der Waals surface area contributed by atoms with E-state index in [2.05, 4.69) is 37.8 Å². The summed E-state index contributed by atoms with van der Waals surface area (Å²) in [7, 11) is -2.26. The molecule has 6 atom stereocenters. The van der Waals surface area contributed by atoms with Gasteiger partial charge in [-0.1, -0.05) is 76.2 Å². The molecule has 2 aromatic carbocycles. The maximum atomic E-state index is 13.8. The number of aromatic nitrogens is 4. The fraction of sp³-hybridized carbons (Fsp3) is 0.476. The van der Waals surface area contributed by atoms with Crippen molar-refractivity contribution in [3.63, 3.8) is 0 Å². The summed E-state index contributed by atoms with van der Waals surface area (Å²) < 4.78 is 30.0. The van der Waals surface area contributed by atoms with Crippen LogP contribution in [-0.2, 0) is 33.9 Å². The van der Waals surface area contributed by atoms with Crippen LogP contribution in [0.5, 0.6) is 0 Å². The Morgan fingerprint density at radius 1 is 0.850 bits per heavy atom. The molecular formula is C42H54N8O8S2. The number of likely N-dealkylation sites (tertiary alicyclic amines) is 2. The standard InChI is InChI=1S/C42H54N8O8S2/c1-24(2)32(21-57-58-23-43)40(51)49-19-26(22-59)15-35(49)38-44-17-33(46-38)29-11-7-27(8-12-29)28-9-13-30(14-10-28)34-18-45-39(47-34)36-16-31(60(6,54)55)20-50(36)41(52)37(25(3)4)48-42(53)56-5/h7-14,17-18,23-26,31-32,35-37,43,59H,15-16,19-22H2,1-6H3,(H,44,46)(H,45,47)(H,48,53)/t26-,31-,32+,35-,36-,37-/m0/s1. The van der Waals surface area contributed by atoms with Crippen LogP contribution < -0.4 is 5.32 Å². The fourth-order valence-corrected chi connectivity index (χ4v) is 9.17. The monoisotopic (exact) mass is 862 g/mol. The first-order valence-electron chi connectivity index (χ1n) is 20.0. The highest BCUT2D eigenvalue weighted by Gasteiger charge is 2.45. The quantitative estimate of drug-likeness (QED) is 0.0227. The van der Waals surface area contributed by atoms with Gasteiger partial charge in [-0.05, 0) is 58.6 Å². The van der Waals surface area contributed by atoms with Crippen LogP contribution in [0.1, 0.15) is 64.3 Å². The second kappa shape index (κ2) is 19.0. The SMILES string of the molecule is COC(=O)N[C@H](C(=O)N1C[C@@H](S(C)(=O)=O)C[C@H]1c1ncc(-c2ccc(-c3ccc(-c4cnc([C@@H]5C[C@H](CS)CN5C(=O)[C@H](COOC=N)C(C)C)[nH]4)cc3)cc2)[nH]1)C(C)C. The number of benzene rings is 2. The molecular weight excluding hydrogens is 809 g/mol. The summed E-state index contributed by atoms with van der Waals surface area (Å²) in [6.45, 7) is 8.11. The van der Waals surface area contributed by atoms with E-state index in [1.165, 1.54) is 18.3 Å². The average molecular weight is 863 g/mol. The molecule has 322 valence electrons. The normalized spacial score (nSPS) is 20.4. The Morgan fingerprint density at radius 2 is 1.37 bits per heavy atom. The Morgan fingerprint density at radius 3 is 1.83 bits per heavy atom. The van der Waals surface area contributed by atoms with Gasteiger partial charge in [0.1, 0.15) is 24.3 Å². The van der Waals surface area contributed by atoms with Crippen LogP contribution in [-0.4, -0.2) is 113 Å². The predicted octanol–water partition coefficient (Wildman–Crippen LogP) is 5.85. The number of thiol groups is 1. The summed E-state index contributed by atoms with van der Waals surface area (Å²) in [5, 5.41) is 8.87. The first kappa shape index (κ1) is 44.4. The van der Waals surface area contributed by atoms with Crippen LogP contribution in [0, 0.1) is 29.1 Å². The van der Waals surface area contributed by atoms with E-state index in [1.54, 1.807) is 26.2 Å². The van der Waals surface area contributed by atoms with E-state index >= 15 is 0 Å². The van der Waals surface area contributed by atoms with Gasteiger partial charge in [-0.15, -0.1) is 0 Å².